The standard InChI is InChI=1S/C21H22ClN3O3S/c1-25(11-14-6-4-5-7-17(14)22)12-20(26)24-21-23-18(13-29-21)16-9-8-15(27-2)10-19(16)28-3/h4-10,13H,11-12H2,1-3H3,(H,23,24,26). The van der Waals surface area contributed by atoms with Crippen LogP contribution in [0.25, 0.3) is 11.3 Å². The molecule has 1 aromatic heterocycles. The van der Waals surface area contributed by atoms with E-state index < -0.39 is 0 Å². The number of halogens is 1. The van der Waals surface area contributed by atoms with Gasteiger partial charge < -0.3 is 14.8 Å². The van der Waals surface area contributed by atoms with Crippen molar-refractivity contribution in [3.63, 3.8) is 0 Å². The van der Waals surface area contributed by atoms with E-state index in [9.17, 15) is 4.79 Å². The summed E-state index contributed by atoms with van der Waals surface area (Å²) >= 11 is 7.55. The maximum Gasteiger partial charge on any atom is 0.240 e. The fraction of sp³-hybridized carbons (Fsp3) is 0.238. The minimum absolute atomic E-state index is 0.137. The third kappa shape index (κ3) is 5.47. The molecule has 3 aromatic rings. The van der Waals surface area contributed by atoms with Gasteiger partial charge in [0.05, 0.1) is 26.5 Å². The molecule has 0 fully saturated rings. The number of aromatic nitrogens is 1. The number of nitrogens with one attached hydrogen (secondary N) is 1. The van der Waals surface area contributed by atoms with Crippen molar-refractivity contribution in [2.24, 2.45) is 0 Å². The monoisotopic (exact) mass is 431 g/mol. The van der Waals surface area contributed by atoms with Gasteiger partial charge in [-0.2, -0.15) is 0 Å². The predicted octanol–water partition coefficient (Wildman–Crippen LogP) is 4.55. The van der Waals surface area contributed by atoms with Crippen LogP contribution >= 0.6 is 22.9 Å². The van der Waals surface area contributed by atoms with Gasteiger partial charge in [-0.1, -0.05) is 29.8 Å². The zero-order chi connectivity index (χ0) is 20.8. The van der Waals surface area contributed by atoms with Crippen LogP contribution < -0.4 is 14.8 Å². The molecule has 6 nitrogen and oxygen atoms in total. The summed E-state index contributed by atoms with van der Waals surface area (Å²) in [5.41, 5.74) is 2.54. The number of likely N-dealkylation sites (N-methyl/N-ethyl adjacent to an activating group) is 1. The molecule has 1 N–H and O–H groups in total. The van der Waals surface area contributed by atoms with Gasteiger partial charge in [0, 0.05) is 28.6 Å². The summed E-state index contributed by atoms with van der Waals surface area (Å²) in [5, 5.41) is 5.96. The van der Waals surface area contributed by atoms with Crippen molar-refractivity contribution in [3.8, 4) is 22.8 Å². The van der Waals surface area contributed by atoms with Gasteiger partial charge in [0.15, 0.2) is 5.13 Å². The second-order valence-corrected chi connectivity index (χ2v) is 7.68. The SMILES string of the molecule is COc1ccc(-c2csc(NC(=O)CN(C)Cc3ccccc3Cl)n2)c(OC)c1. The van der Waals surface area contributed by atoms with E-state index >= 15 is 0 Å². The first-order chi connectivity index (χ1) is 14.0. The number of carbonyl (C=O) groups excluding carboxylic acids is 1. The third-order valence-electron chi connectivity index (χ3n) is 4.25. The molecule has 0 aliphatic heterocycles. The van der Waals surface area contributed by atoms with Crippen LogP contribution in [0.2, 0.25) is 5.02 Å². The zero-order valence-electron chi connectivity index (χ0n) is 16.4. The van der Waals surface area contributed by atoms with Gasteiger partial charge in [0.2, 0.25) is 5.91 Å². The number of amides is 1. The molecule has 0 atom stereocenters. The van der Waals surface area contributed by atoms with E-state index in [1.165, 1.54) is 11.3 Å². The first-order valence-corrected chi connectivity index (χ1v) is 10.2. The summed E-state index contributed by atoms with van der Waals surface area (Å²) in [5.74, 6) is 1.23. The molecular weight excluding hydrogens is 410 g/mol. The van der Waals surface area contributed by atoms with Crippen LogP contribution in [0.3, 0.4) is 0 Å². The van der Waals surface area contributed by atoms with E-state index in [4.69, 9.17) is 21.1 Å². The number of hydrogen-bond donors (Lipinski definition) is 1. The van der Waals surface area contributed by atoms with Crippen LogP contribution in [0.1, 0.15) is 5.56 Å². The normalized spacial score (nSPS) is 10.8. The summed E-state index contributed by atoms with van der Waals surface area (Å²) in [7, 11) is 5.08. The summed E-state index contributed by atoms with van der Waals surface area (Å²) in [6.45, 7) is 0.811. The smallest absolute Gasteiger partial charge is 0.240 e. The molecule has 152 valence electrons. The number of benzene rings is 2. The van der Waals surface area contributed by atoms with Gasteiger partial charge in [0.25, 0.3) is 0 Å². The fourth-order valence-electron chi connectivity index (χ4n) is 2.84. The third-order valence-corrected chi connectivity index (χ3v) is 5.37. The molecule has 0 saturated heterocycles. The van der Waals surface area contributed by atoms with E-state index in [0.29, 0.717) is 28.2 Å². The Hall–Kier alpha value is -2.61. The van der Waals surface area contributed by atoms with Crippen LogP contribution in [0.5, 0.6) is 11.5 Å². The highest BCUT2D eigenvalue weighted by atomic mass is 35.5. The van der Waals surface area contributed by atoms with Gasteiger partial charge in [-0.15, -0.1) is 11.3 Å². The number of rotatable bonds is 8. The number of carbonyl (C=O) groups is 1. The fourth-order valence-corrected chi connectivity index (χ4v) is 3.76. The predicted molar refractivity (Wildman–Crippen MR) is 117 cm³/mol. The van der Waals surface area contributed by atoms with Gasteiger partial charge in [-0.25, -0.2) is 4.98 Å². The van der Waals surface area contributed by atoms with Crippen LogP contribution in [0.4, 0.5) is 5.13 Å². The molecular formula is C21H22ClN3O3S. The average Bonchev–Trinajstić information content (AvgIpc) is 3.17. The zero-order valence-corrected chi connectivity index (χ0v) is 18.0. The van der Waals surface area contributed by atoms with Crippen LogP contribution in [-0.4, -0.2) is 43.6 Å². The molecule has 1 amide bonds. The number of nitrogens with zero attached hydrogens (tertiary/aromatic N) is 2. The summed E-state index contributed by atoms with van der Waals surface area (Å²) in [4.78, 5) is 18.8. The highest BCUT2D eigenvalue weighted by Gasteiger charge is 2.14. The van der Waals surface area contributed by atoms with E-state index in [1.54, 1.807) is 20.3 Å². The molecule has 3 rings (SSSR count). The van der Waals surface area contributed by atoms with Crippen molar-refractivity contribution >= 4 is 34.0 Å². The molecule has 0 aliphatic rings. The summed E-state index contributed by atoms with van der Waals surface area (Å²) in [6.07, 6.45) is 0. The molecule has 0 aliphatic carbocycles. The van der Waals surface area contributed by atoms with Crippen molar-refractivity contribution in [1.29, 1.82) is 0 Å². The molecule has 0 unspecified atom stereocenters. The van der Waals surface area contributed by atoms with Crippen LogP contribution in [0, 0.1) is 0 Å². The average molecular weight is 432 g/mol. The van der Waals surface area contributed by atoms with E-state index in [1.807, 2.05) is 53.7 Å². The lowest BCUT2D eigenvalue weighted by Gasteiger charge is -2.16. The van der Waals surface area contributed by atoms with E-state index in [0.717, 1.165) is 16.8 Å². The van der Waals surface area contributed by atoms with Crippen LogP contribution in [0.15, 0.2) is 47.8 Å². The minimum atomic E-state index is -0.137. The van der Waals surface area contributed by atoms with Crippen molar-refractivity contribution in [2.45, 2.75) is 6.54 Å². The van der Waals surface area contributed by atoms with Gasteiger partial charge in [-0.05, 0) is 30.8 Å². The molecule has 1 heterocycles. The molecule has 2 aromatic carbocycles. The molecule has 8 heteroatoms. The Morgan fingerprint density at radius 1 is 1.21 bits per heavy atom. The quantitative estimate of drug-likeness (QED) is 0.566. The Morgan fingerprint density at radius 3 is 2.72 bits per heavy atom. The molecule has 0 bridgehead atoms. The second kappa shape index (κ2) is 9.73. The lowest BCUT2D eigenvalue weighted by atomic mass is 10.1. The van der Waals surface area contributed by atoms with E-state index in [2.05, 4.69) is 10.3 Å². The van der Waals surface area contributed by atoms with Crippen molar-refractivity contribution in [2.75, 3.05) is 33.1 Å². The summed E-state index contributed by atoms with van der Waals surface area (Å²) in [6, 6.07) is 13.1. The van der Waals surface area contributed by atoms with E-state index in [-0.39, 0.29) is 12.5 Å². The Bertz CT molecular complexity index is 993. The molecule has 0 saturated carbocycles. The lowest BCUT2D eigenvalue weighted by molar-refractivity contribution is -0.117. The highest BCUT2D eigenvalue weighted by Crippen LogP contribution is 2.34. The highest BCUT2D eigenvalue weighted by molar-refractivity contribution is 7.14. The van der Waals surface area contributed by atoms with Crippen molar-refractivity contribution in [1.82, 2.24) is 9.88 Å². The molecule has 29 heavy (non-hydrogen) atoms. The Balaban J connectivity index is 1.62. The largest absolute Gasteiger partial charge is 0.497 e. The number of hydrogen-bond acceptors (Lipinski definition) is 6. The Labute approximate surface area is 179 Å². The first kappa shape index (κ1) is 21.1. The van der Waals surface area contributed by atoms with Crippen molar-refractivity contribution in [3.05, 3.63) is 58.4 Å². The number of anilines is 1. The topological polar surface area (TPSA) is 63.7 Å². The Kier molecular flexibility index (Phi) is 7.09. The molecule has 0 spiro atoms. The van der Waals surface area contributed by atoms with Crippen molar-refractivity contribution < 1.29 is 14.3 Å². The maximum absolute atomic E-state index is 12.4. The number of methoxy groups -OCH3 is 2. The van der Waals surface area contributed by atoms with Gasteiger partial charge in [0.1, 0.15) is 11.5 Å². The summed E-state index contributed by atoms with van der Waals surface area (Å²) < 4.78 is 10.7. The minimum Gasteiger partial charge on any atom is -0.497 e. The van der Waals surface area contributed by atoms with Gasteiger partial charge >= 0.3 is 0 Å². The first-order valence-electron chi connectivity index (χ1n) is 8.90. The number of ether oxygens (including phenoxy) is 2. The maximum atomic E-state index is 12.4. The van der Waals surface area contributed by atoms with Gasteiger partial charge in [-0.3, -0.25) is 9.69 Å². The second-order valence-electron chi connectivity index (χ2n) is 6.42. The molecule has 0 radical (unpaired) electrons. The van der Waals surface area contributed by atoms with Crippen LogP contribution in [-0.2, 0) is 11.3 Å². The Morgan fingerprint density at radius 2 is 2.00 bits per heavy atom. The lowest BCUT2D eigenvalue weighted by Crippen LogP contribution is -2.29. The number of thiazole rings is 1.